The number of anilines is 1. The van der Waals surface area contributed by atoms with Crippen molar-refractivity contribution in [1.82, 2.24) is 9.80 Å². The molecule has 2 saturated carbocycles. The number of piperidine rings is 1. The summed E-state index contributed by atoms with van der Waals surface area (Å²) in [5.74, 6) is -9.63. The molecular formula is C30H40N4O7. The van der Waals surface area contributed by atoms with Crippen LogP contribution >= 0.6 is 0 Å². The molecule has 1 aromatic carbocycles. The maximum absolute atomic E-state index is 14.0. The zero-order chi connectivity index (χ0) is 30.1. The fraction of sp³-hybridized carbons (Fsp3) is 0.633. The topological polar surface area (TPSA) is 162 Å². The molecule has 0 aromatic heterocycles. The molecule has 6 atom stereocenters. The van der Waals surface area contributed by atoms with Gasteiger partial charge in [-0.1, -0.05) is 6.92 Å². The Bertz CT molecular complexity index is 1330. The number of nitrogens with two attached hydrogens (primary N) is 1. The Kier molecular flexibility index (Phi) is 7.36. The summed E-state index contributed by atoms with van der Waals surface area (Å²) in [6.07, 6.45) is 2.46. The zero-order valence-corrected chi connectivity index (χ0v) is 24.3. The minimum Gasteiger partial charge on any atom is -0.507 e. The molecule has 222 valence electrons. The molecule has 1 aliphatic heterocycles. The number of phenolic OH excluding ortho intramolecular Hbond substituents is 1. The van der Waals surface area contributed by atoms with Crippen molar-refractivity contribution in [2.24, 2.45) is 35.3 Å². The van der Waals surface area contributed by atoms with Crippen molar-refractivity contribution in [2.45, 2.75) is 50.8 Å². The van der Waals surface area contributed by atoms with Gasteiger partial charge in [-0.15, -0.1) is 0 Å². The van der Waals surface area contributed by atoms with Crippen LogP contribution in [0, 0.1) is 29.6 Å². The Morgan fingerprint density at radius 1 is 1.10 bits per heavy atom. The van der Waals surface area contributed by atoms with Gasteiger partial charge in [0, 0.05) is 32.2 Å². The van der Waals surface area contributed by atoms with E-state index in [0.29, 0.717) is 18.0 Å². The fourth-order valence-electron chi connectivity index (χ4n) is 7.87. The summed E-state index contributed by atoms with van der Waals surface area (Å²) in [6.45, 7) is 4.71. The van der Waals surface area contributed by atoms with E-state index < -0.39 is 64.4 Å². The van der Waals surface area contributed by atoms with Gasteiger partial charge in [0.25, 0.3) is 0 Å². The minimum atomic E-state index is -2.72. The van der Waals surface area contributed by atoms with E-state index in [1.54, 1.807) is 20.2 Å². The van der Waals surface area contributed by atoms with Crippen LogP contribution in [0.15, 0.2) is 6.07 Å². The number of carbonyl (C=O) groups is 5. The van der Waals surface area contributed by atoms with Crippen LogP contribution in [0.1, 0.15) is 47.7 Å². The van der Waals surface area contributed by atoms with Gasteiger partial charge in [-0.2, -0.15) is 0 Å². The molecule has 1 aromatic rings. The molecular weight excluding hydrogens is 528 g/mol. The molecule has 5 rings (SSSR count). The number of ketones is 4. The Morgan fingerprint density at radius 2 is 1.73 bits per heavy atom. The standard InChI is InChI=1S/C30H40N4O7/c1-14-6-8-34(9-7-14)13-16-12-19(35)21-17(23(16)32(2)3)10-15-11-18-24(33(4)5)26(37)22(29(31)40)28(39)30(18,41)27(38)20(15)25(21)36/h12,14-15,18,20,22,24,35,41H,6-11,13H2,1-5H3,(H2,31,40)/t15-,18-,20?,22?,24-,30-/m0/s1. The number of fused-ring (bicyclic) bond motifs is 3. The number of Topliss-reactive ketones (excluding diaryl/α,β-unsaturated/α-hetero) is 4. The highest BCUT2D eigenvalue weighted by Crippen LogP contribution is 2.52. The lowest BCUT2D eigenvalue weighted by atomic mass is 9.52. The molecule has 11 nitrogen and oxygen atoms in total. The van der Waals surface area contributed by atoms with Crippen LogP contribution in [0.25, 0.3) is 0 Å². The Morgan fingerprint density at radius 3 is 2.29 bits per heavy atom. The summed E-state index contributed by atoms with van der Waals surface area (Å²) in [5, 5.41) is 22.9. The van der Waals surface area contributed by atoms with E-state index in [4.69, 9.17) is 5.73 Å². The van der Waals surface area contributed by atoms with Gasteiger partial charge in [0.2, 0.25) is 5.91 Å². The number of likely N-dealkylation sites (N-methyl/N-ethyl adjacent to an activating group) is 1. The van der Waals surface area contributed by atoms with Gasteiger partial charge in [0.1, 0.15) is 5.75 Å². The molecule has 0 bridgehead atoms. The number of carbonyl (C=O) groups excluding carboxylic acids is 5. The molecule has 41 heavy (non-hydrogen) atoms. The molecule has 0 radical (unpaired) electrons. The lowest BCUT2D eigenvalue weighted by Gasteiger charge is -2.52. The quantitative estimate of drug-likeness (QED) is 0.418. The molecule has 1 heterocycles. The van der Waals surface area contributed by atoms with E-state index in [2.05, 4.69) is 11.8 Å². The van der Waals surface area contributed by atoms with Crippen LogP contribution in [-0.4, -0.2) is 102 Å². The van der Waals surface area contributed by atoms with Gasteiger partial charge in [0.15, 0.2) is 34.7 Å². The second-order valence-corrected chi connectivity index (χ2v) is 12.9. The molecule has 0 spiro atoms. The number of aliphatic hydroxyl groups is 1. The Labute approximate surface area is 239 Å². The summed E-state index contributed by atoms with van der Waals surface area (Å²) in [6, 6.07) is 0.469. The van der Waals surface area contributed by atoms with Crippen molar-refractivity contribution in [1.29, 1.82) is 0 Å². The van der Waals surface area contributed by atoms with Gasteiger partial charge < -0.3 is 20.8 Å². The van der Waals surface area contributed by atoms with Crippen LogP contribution in [-0.2, 0) is 32.1 Å². The van der Waals surface area contributed by atoms with E-state index in [1.165, 1.54) is 4.90 Å². The number of hydrogen-bond acceptors (Lipinski definition) is 10. The number of amides is 1. The number of hydrogen-bond donors (Lipinski definition) is 3. The predicted molar refractivity (Wildman–Crippen MR) is 149 cm³/mol. The van der Waals surface area contributed by atoms with Crippen molar-refractivity contribution in [3.05, 3.63) is 22.8 Å². The van der Waals surface area contributed by atoms with Crippen molar-refractivity contribution in [2.75, 3.05) is 46.2 Å². The number of likely N-dealkylation sites (tertiary alicyclic amines) is 1. The average Bonchev–Trinajstić information content (AvgIpc) is 2.86. The first kappa shape index (κ1) is 29.3. The summed E-state index contributed by atoms with van der Waals surface area (Å²) in [4.78, 5) is 72.6. The third-order valence-electron chi connectivity index (χ3n) is 9.83. The number of rotatable bonds is 5. The summed E-state index contributed by atoms with van der Waals surface area (Å²) in [7, 11) is 6.90. The molecule has 2 unspecified atom stereocenters. The maximum Gasteiger partial charge on any atom is 0.235 e. The van der Waals surface area contributed by atoms with Gasteiger partial charge in [-0.25, -0.2) is 0 Å². The first-order valence-corrected chi connectivity index (χ1v) is 14.3. The second-order valence-electron chi connectivity index (χ2n) is 12.9. The van der Waals surface area contributed by atoms with Crippen LogP contribution in [0.4, 0.5) is 5.69 Å². The largest absolute Gasteiger partial charge is 0.507 e. The minimum absolute atomic E-state index is 0.0244. The number of nitrogens with zero attached hydrogens (tertiary/aromatic N) is 3. The van der Waals surface area contributed by atoms with Crippen molar-refractivity contribution in [3.63, 3.8) is 0 Å². The van der Waals surface area contributed by atoms with Gasteiger partial charge >= 0.3 is 0 Å². The van der Waals surface area contributed by atoms with Crippen molar-refractivity contribution >= 4 is 34.7 Å². The summed E-state index contributed by atoms with van der Waals surface area (Å²) < 4.78 is 0. The average molecular weight is 569 g/mol. The number of primary amides is 1. The number of phenols is 1. The Hall–Kier alpha value is -3.15. The smallest absolute Gasteiger partial charge is 0.235 e. The molecule has 3 fully saturated rings. The Balaban J connectivity index is 1.59. The summed E-state index contributed by atoms with van der Waals surface area (Å²) >= 11 is 0. The lowest BCUT2D eigenvalue weighted by molar-refractivity contribution is -0.181. The third kappa shape index (κ3) is 4.40. The van der Waals surface area contributed by atoms with Crippen LogP contribution in [0.3, 0.4) is 0 Å². The van der Waals surface area contributed by atoms with Crippen LogP contribution < -0.4 is 10.6 Å². The summed E-state index contributed by atoms with van der Waals surface area (Å²) in [5.41, 5.74) is 5.01. The molecule has 1 amide bonds. The van der Waals surface area contributed by atoms with Crippen LogP contribution in [0.2, 0.25) is 0 Å². The predicted octanol–water partition coefficient (Wildman–Crippen LogP) is 0.165. The first-order valence-electron chi connectivity index (χ1n) is 14.3. The van der Waals surface area contributed by atoms with Gasteiger partial charge in [-0.05, 0) is 81.9 Å². The van der Waals surface area contributed by atoms with E-state index in [9.17, 15) is 34.2 Å². The molecule has 4 N–H and O–H groups in total. The van der Waals surface area contributed by atoms with E-state index >= 15 is 0 Å². The van der Waals surface area contributed by atoms with E-state index in [0.717, 1.165) is 37.2 Å². The zero-order valence-electron chi connectivity index (χ0n) is 24.3. The molecule has 4 aliphatic rings. The fourth-order valence-corrected chi connectivity index (χ4v) is 7.87. The number of benzene rings is 1. The highest BCUT2D eigenvalue weighted by atomic mass is 16.3. The van der Waals surface area contributed by atoms with Crippen LogP contribution in [0.5, 0.6) is 5.75 Å². The highest BCUT2D eigenvalue weighted by molar-refractivity contribution is 6.32. The van der Waals surface area contributed by atoms with Gasteiger partial charge in [-0.3, -0.25) is 33.8 Å². The van der Waals surface area contributed by atoms with E-state index in [-0.39, 0.29) is 24.2 Å². The van der Waals surface area contributed by atoms with Crippen molar-refractivity contribution < 1.29 is 34.2 Å². The van der Waals surface area contributed by atoms with E-state index in [1.807, 2.05) is 19.0 Å². The molecule has 3 aliphatic carbocycles. The monoisotopic (exact) mass is 568 g/mol. The highest BCUT2D eigenvalue weighted by Gasteiger charge is 2.69. The maximum atomic E-state index is 14.0. The lowest BCUT2D eigenvalue weighted by Crippen LogP contribution is -2.74. The number of aromatic hydroxyl groups is 1. The first-order chi connectivity index (χ1) is 19.2. The van der Waals surface area contributed by atoms with Crippen molar-refractivity contribution in [3.8, 4) is 5.75 Å². The SMILES string of the molecule is CC1CCN(Cc2cc(O)c3c(c2N(C)C)C[C@H]2C[C@H]4[C@H](N(C)C)C(=O)C(C(N)=O)C(=O)[C@@]4(O)C(=O)C2C3=O)CC1. The molecule has 11 heteroatoms. The van der Waals surface area contributed by atoms with Gasteiger partial charge in [0.05, 0.1) is 17.5 Å². The normalized spacial score (nSPS) is 32.5. The second kappa shape index (κ2) is 10.3. The molecule has 1 saturated heterocycles. The third-order valence-corrected chi connectivity index (χ3v) is 9.83.